The fourth-order valence-electron chi connectivity index (χ4n) is 4.23. The summed E-state index contributed by atoms with van der Waals surface area (Å²) in [6.07, 6.45) is 5.68. The number of rotatable bonds is 10. The number of aliphatic hydroxyl groups is 1. The average molecular weight is 457 g/mol. The smallest absolute Gasteiger partial charge is 0.224 e. The molecular weight excluding hydrogens is 424 g/mol. The second-order valence-corrected chi connectivity index (χ2v) is 9.19. The van der Waals surface area contributed by atoms with Gasteiger partial charge in [-0.05, 0) is 51.5 Å². The zero-order chi connectivity index (χ0) is 22.5. The van der Waals surface area contributed by atoms with E-state index < -0.39 is 0 Å². The van der Waals surface area contributed by atoms with Gasteiger partial charge in [0.25, 0.3) is 0 Å². The van der Waals surface area contributed by atoms with Crippen molar-refractivity contribution >= 4 is 33.3 Å². The van der Waals surface area contributed by atoms with E-state index in [1.54, 1.807) is 11.3 Å². The van der Waals surface area contributed by atoms with Crippen LogP contribution in [0.3, 0.4) is 0 Å². The first-order chi connectivity index (χ1) is 15.6. The van der Waals surface area contributed by atoms with E-state index in [9.17, 15) is 5.11 Å². The highest BCUT2D eigenvalue weighted by Crippen LogP contribution is 2.38. The summed E-state index contributed by atoms with van der Waals surface area (Å²) < 4.78 is 6.55. The van der Waals surface area contributed by atoms with Crippen molar-refractivity contribution in [2.45, 2.75) is 52.5 Å². The molecule has 0 bridgehead atoms. The predicted octanol–water partition coefficient (Wildman–Crippen LogP) is 4.04. The summed E-state index contributed by atoms with van der Waals surface area (Å²) in [5.41, 5.74) is 3.79. The van der Waals surface area contributed by atoms with Crippen molar-refractivity contribution in [1.29, 1.82) is 0 Å². The molecule has 3 aromatic rings. The second-order valence-electron chi connectivity index (χ2n) is 8.16. The molecule has 1 aliphatic carbocycles. The first kappa shape index (κ1) is 22.8. The van der Waals surface area contributed by atoms with Gasteiger partial charge in [-0.2, -0.15) is 4.98 Å². The van der Waals surface area contributed by atoms with E-state index in [-0.39, 0.29) is 12.6 Å². The number of ether oxygens (including phenoxy) is 1. The van der Waals surface area contributed by atoms with Crippen molar-refractivity contribution in [2.24, 2.45) is 5.92 Å². The number of fused-ring (bicyclic) bond motifs is 1. The minimum absolute atomic E-state index is 0.239. The molecule has 0 radical (unpaired) electrons. The molecule has 1 fully saturated rings. The number of hydrogen-bond acceptors (Lipinski definition) is 9. The Bertz CT molecular complexity index is 1060. The molecular formula is C23H32N6O2S. The maximum atomic E-state index is 9.55. The molecule has 3 aromatic heterocycles. The van der Waals surface area contributed by atoms with E-state index in [2.05, 4.69) is 22.5 Å². The van der Waals surface area contributed by atoms with E-state index in [0.29, 0.717) is 31.6 Å². The van der Waals surface area contributed by atoms with Gasteiger partial charge >= 0.3 is 0 Å². The van der Waals surface area contributed by atoms with Crippen LogP contribution in [0.1, 0.15) is 44.5 Å². The maximum Gasteiger partial charge on any atom is 0.224 e. The third kappa shape index (κ3) is 5.00. The Morgan fingerprint density at radius 1 is 1.22 bits per heavy atom. The van der Waals surface area contributed by atoms with Crippen molar-refractivity contribution in [2.75, 3.05) is 37.0 Å². The summed E-state index contributed by atoms with van der Waals surface area (Å²) in [4.78, 5) is 19.0. The highest BCUT2D eigenvalue weighted by molar-refractivity contribution is 7.21. The molecule has 9 heteroatoms. The number of aryl methyl sites for hydroxylation is 2. The molecule has 0 aliphatic heterocycles. The first-order valence-electron chi connectivity index (χ1n) is 11.4. The summed E-state index contributed by atoms with van der Waals surface area (Å²) in [5, 5.41) is 17.4. The Hall–Kier alpha value is -2.36. The molecule has 8 nitrogen and oxygen atoms in total. The molecule has 0 spiro atoms. The van der Waals surface area contributed by atoms with Crippen LogP contribution < -0.4 is 10.6 Å². The lowest BCUT2D eigenvalue weighted by molar-refractivity contribution is 0.158. The number of hydrogen-bond donors (Lipinski definition) is 3. The molecule has 0 aromatic carbocycles. The van der Waals surface area contributed by atoms with Crippen LogP contribution in [0.5, 0.6) is 0 Å². The monoisotopic (exact) mass is 456 g/mol. The zero-order valence-corrected chi connectivity index (χ0v) is 19.8. The van der Waals surface area contributed by atoms with Crippen LogP contribution in [0.25, 0.3) is 20.8 Å². The van der Waals surface area contributed by atoms with Crippen LogP contribution in [0.15, 0.2) is 12.3 Å². The Kier molecular flexibility index (Phi) is 7.49. The third-order valence-corrected chi connectivity index (χ3v) is 6.93. The van der Waals surface area contributed by atoms with E-state index in [4.69, 9.17) is 19.7 Å². The van der Waals surface area contributed by atoms with Gasteiger partial charge in [0, 0.05) is 32.0 Å². The lowest BCUT2D eigenvalue weighted by atomic mass is 10.1. The van der Waals surface area contributed by atoms with E-state index in [0.717, 1.165) is 63.7 Å². The fraction of sp³-hybridized carbons (Fsp3) is 0.565. The summed E-state index contributed by atoms with van der Waals surface area (Å²) in [6, 6.07) is 2.30. The second kappa shape index (κ2) is 10.5. The van der Waals surface area contributed by atoms with Crippen LogP contribution in [0, 0.1) is 12.8 Å². The molecule has 4 rings (SSSR count). The number of pyridine rings is 1. The maximum absolute atomic E-state index is 9.55. The molecule has 32 heavy (non-hydrogen) atoms. The predicted molar refractivity (Wildman–Crippen MR) is 129 cm³/mol. The largest absolute Gasteiger partial charge is 0.396 e. The number of aliphatic hydroxyl groups excluding tert-OH is 1. The van der Waals surface area contributed by atoms with Gasteiger partial charge in [-0.1, -0.05) is 6.92 Å². The van der Waals surface area contributed by atoms with Crippen molar-refractivity contribution < 1.29 is 9.84 Å². The molecule has 3 N–H and O–H groups in total. The van der Waals surface area contributed by atoms with Crippen LogP contribution in [-0.2, 0) is 11.2 Å². The van der Waals surface area contributed by atoms with Gasteiger partial charge < -0.3 is 20.5 Å². The third-order valence-electron chi connectivity index (χ3n) is 5.90. The van der Waals surface area contributed by atoms with Gasteiger partial charge in [0.1, 0.15) is 16.3 Å². The van der Waals surface area contributed by atoms with Gasteiger partial charge in [-0.15, -0.1) is 11.3 Å². The summed E-state index contributed by atoms with van der Waals surface area (Å²) in [5.74, 6) is 1.73. The Balaban J connectivity index is 1.69. The molecule has 0 amide bonds. The van der Waals surface area contributed by atoms with Crippen molar-refractivity contribution in [1.82, 2.24) is 19.9 Å². The SMILES string of the molecule is CCOCCNc1nc(C)c(-c2nc3c(CC)nccc3s2)c(NC2CCC(CO)C2)n1. The highest BCUT2D eigenvalue weighted by Gasteiger charge is 2.27. The van der Waals surface area contributed by atoms with Gasteiger partial charge in [-0.3, -0.25) is 4.98 Å². The van der Waals surface area contributed by atoms with Crippen LogP contribution in [-0.4, -0.2) is 57.4 Å². The van der Waals surface area contributed by atoms with Crippen LogP contribution >= 0.6 is 11.3 Å². The average Bonchev–Trinajstić information content (AvgIpc) is 3.43. The quantitative estimate of drug-likeness (QED) is 0.393. The normalized spacial score (nSPS) is 18.4. The summed E-state index contributed by atoms with van der Waals surface area (Å²) in [7, 11) is 0. The Morgan fingerprint density at radius 2 is 2.09 bits per heavy atom. The number of aromatic nitrogens is 4. The summed E-state index contributed by atoms with van der Waals surface area (Å²) >= 11 is 1.65. The van der Waals surface area contributed by atoms with Crippen molar-refractivity contribution in [3.05, 3.63) is 23.7 Å². The van der Waals surface area contributed by atoms with E-state index in [1.165, 1.54) is 0 Å². The van der Waals surface area contributed by atoms with Gasteiger partial charge in [0.2, 0.25) is 5.95 Å². The van der Waals surface area contributed by atoms with E-state index in [1.807, 2.05) is 26.1 Å². The highest BCUT2D eigenvalue weighted by atomic mass is 32.1. The van der Waals surface area contributed by atoms with Gasteiger partial charge in [0.15, 0.2) is 0 Å². The number of anilines is 2. The lowest BCUT2D eigenvalue weighted by Gasteiger charge is -2.18. The van der Waals surface area contributed by atoms with Gasteiger partial charge in [-0.25, -0.2) is 9.97 Å². The number of nitrogens with one attached hydrogen (secondary N) is 2. The standard InChI is InChI=1S/C23H32N6O2S/c1-4-17-20-18(8-9-24-17)32-22(28-20)19-14(3)26-23(25-10-11-31-5-2)29-21(19)27-16-7-6-15(12-16)13-30/h8-9,15-16,30H,4-7,10-13H2,1-3H3,(H2,25,26,27,29). The van der Waals surface area contributed by atoms with E-state index >= 15 is 0 Å². The number of nitrogens with zero attached hydrogens (tertiary/aromatic N) is 4. The van der Waals surface area contributed by atoms with Crippen LogP contribution in [0.4, 0.5) is 11.8 Å². The molecule has 3 heterocycles. The Morgan fingerprint density at radius 3 is 2.84 bits per heavy atom. The molecule has 1 aliphatic rings. The molecule has 0 saturated heterocycles. The first-order valence-corrected chi connectivity index (χ1v) is 12.3. The molecule has 2 unspecified atom stereocenters. The van der Waals surface area contributed by atoms with Crippen molar-refractivity contribution in [3.8, 4) is 10.6 Å². The molecule has 1 saturated carbocycles. The lowest BCUT2D eigenvalue weighted by Crippen LogP contribution is -2.20. The summed E-state index contributed by atoms with van der Waals surface area (Å²) in [6.45, 7) is 8.27. The van der Waals surface area contributed by atoms with Crippen LogP contribution in [0.2, 0.25) is 0 Å². The topological polar surface area (TPSA) is 105 Å². The van der Waals surface area contributed by atoms with Crippen molar-refractivity contribution in [3.63, 3.8) is 0 Å². The fourth-order valence-corrected chi connectivity index (χ4v) is 5.31. The Labute approximate surface area is 192 Å². The minimum atomic E-state index is 0.239. The molecule has 2 atom stereocenters. The van der Waals surface area contributed by atoms with Gasteiger partial charge in [0.05, 0.1) is 28.3 Å². The zero-order valence-electron chi connectivity index (χ0n) is 19.0. The minimum Gasteiger partial charge on any atom is -0.396 e. The number of thiazole rings is 1. The molecule has 172 valence electrons.